The highest BCUT2D eigenvalue weighted by atomic mass is 32.1. The number of aromatic nitrogens is 2. The van der Waals surface area contributed by atoms with Crippen molar-refractivity contribution in [3.8, 4) is 0 Å². The van der Waals surface area contributed by atoms with Crippen LogP contribution in [0.1, 0.15) is 62.4 Å². The third-order valence-electron chi connectivity index (χ3n) is 5.86. The largest absolute Gasteiger partial charge is 0.308 e. The highest BCUT2D eigenvalue weighted by molar-refractivity contribution is 7.11. The molecule has 1 aromatic heterocycles. The van der Waals surface area contributed by atoms with Crippen molar-refractivity contribution in [3.63, 3.8) is 0 Å². The predicted octanol–water partition coefficient (Wildman–Crippen LogP) is 3.80. The topological polar surface area (TPSA) is 37.8 Å². The Kier molecular flexibility index (Phi) is 3.57. The lowest BCUT2D eigenvalue weighted by Gasteiger charge is -2.56. The maximum Gasteiger partial charge on any atom is 0.131 e. The van der Waals surface area contributed by atoms with E-state index in [4.69, 9.17) is 0 Å². The van der Waals surface area contributed by atoms with E-state index >= 15 is 0 Å². The van der Waals surface area contributed by atoms with Gasteiger partial charge in [0.05, 0.1) is 0 Å². The van der Waals surface area contributed by atoms with E-state index in [0.29, 0.717) is 11.5 Å². The summed E-state index contributed by atoms with van der Waals surface area (Å²) in [6.07, 6.45) is 10.2. The van der Waals surface area contributed by atoms with Crippen molar-refractivity contribution in [2.75, 3.05) is 0 Å². The van der Waals surface area contributed by atoms with Gasteiger partial charge in [0.2, 0.25) is 0 Å². The number of hydrogen-bond acceptors (Lipinski definition) is 4. The van der Waals surface area contributed by atoms with Crippen LogP contribution in [0.25, 0.3) is 0 Å². The van der Waals surface area contributed by atoms with Gasteiger partial charge in [0.1, 0.15) is 10.0 Å². The van der Waals surface area contributed by atoms with Crippen molar-refractivity contribution in [3.05, 3.63) is 10.0 Å². The van der Waals surface area contributed by atoms with Crippen molar-refractivity contribution in [2.45, 2.75) is 71.4 Å². The van der Waals surface area contributed by atoms with Crippen molar-refractivity contribution < 1.29 is 0 Å². The second kappa shape index (κ2) is 5.31. The zero-order valence-corrected chi connectivity index (χ0v) is 14.1. The van der Waals surface area contributed by atoms with Crippen molar-refractivity contribution in [1.82, 2.24) is 15.5 Å². The van der Waals surface area contributed by atoms with E-state index in [-0.39, 0.29) is 0 Å². The molecular weight excluding hydrogens is 278 g/mol. The Morgan fingerprint density at radius 2 is 1.62 bits per heavy atom. The van der Waals surface area contributed by atoms with Crippen molar-refractivity contribution >= 4 is 11.3 Å². The van der Waals surface area contributed by atoms with Gasteiger partial charge in [0.25, 0.3) is 0 Å². The molecule has 3 nitrogen and oxygen atoms in total. The fourth-order valence-corrected chi connectivity index (χ4v) is 6.52. The molecule has 4 aliphatic carbocycles. The minimum Gasteiger partial charge on any atom is -0.308 e. The molecule has 4 bridgehead atoms. The average Bonchev–Trinajstić information content (AvgIpc) is 2.81. The van der Waals surface area contributed by atoms with Gasteiger partial charge in [-0.05, 0) is 61.7 Å². The fraction of sp³-hybridized carbons (Fsp3) is 0.882. The van der Waals surface area contributed by atoms with Crippen molar-refractivity contribution in [1.29, 1.82) is 0 Å². The van der Waals surface area contributed by atoms with Gasteiger partial charge in [-0.25, -0.2) is 0 Å². The first-order valence-corrected chi connectivity index (χ1v) is 9.46. The summed E-state index contributed by atoms with van der Waals surface area (Å²) >= 11 is 1.84. The van der Waals surface area contributed by atoms with E-state index < -0.39 is 0 Å². The lowest BCUT2D eigenvalue weighted by atomic mass is 9.49. The Balaban J connectivity index is 1.44. The van der Waals surface area contributed by atoms with Crippen LogP contribution in [-0.4, -0.2) is 16.2 Å². The number of nitrogens with one attached hydrogen (secondary N) is 1. The molecule has 0 unspecified atom stereocenters. The highest BCUT2D eigenvalue weighted by Gasteiger charge is 2.51. The quantitative estimate of drug-likeness (QED) is 0.899. The van der Waals surface area contributed by atoms with Gasteiger partial charge >= 0.3 is 0 Å². The number of rotatable bonds is 5. The van der Waals surface area contributed by atoms with Gasteiger partial charge in [-0.3, -0.25) is 0 Å². The van der Waals surface area contributed by atoms with Crippen LogP contribution >= 0.6 is 11.3 Å². The van der Waals surface area contributed by atoms with Gasteiger partial charge in [0, 0.05) is 19.0 Å². The summed E-state index contributed by atoms with van der Waals surface area (Å²) in [7, 11) is 0. The van der Waals surface area contributed by atoms with Crippen LogP contribution in [0.15, 0.2) is 0 Å². The second-order valence-electron chi connectivity index (χ2n) is 8.22. The van der Waals surface area contributed by atoms with Crippen LogP contribution in [0.2, 0.25) is 0 Å². The standard InChI is InChI=1S/C17H27N3S/c1-11(2)18-10-16-20-19-15(21-16)9-17-6-12-3-13(7-17)5-14(4-12)8-17/h11-14,18H,3-10H2,1-2H3. The molecule has 4 fully saturated rings. The summed E-state index contributed by atoms with van der Waals surface area (Å²) in [5.74, 6) is 3.10. The molecule has 0 aromatic carbocycles. The fourth-order valence-electron chi connectivity index (χ4n) is 5.55. The predicted molar refractivity (Wildman–Crippen MR) is 86.2 cm³/mol. The van der Waals surface area contributed by atoms with E-state index in [1.807, 2.05) is 11.3 Å². The van der Waals surface area contributed by atoms with Crippen LogP contribution in [-0.2, 0) is 13.0 Å². The van der Waals surface area contributed by atoms with Crippen LogP contribution in [0.5, 0.6) is 0 Å². The van der Waals surface area contributed by atoms with Crippen LogP contribution < -0.4 is 5.32 Å². The molecule has 0 saturated heterocycles. The molecule has 0 spiro atoms. The Hall–Kier alpha value is -0.480. The van der Waals surface area contributed by atoms with Crippen molar-refractivity contribution in [2.24, 2.45) is 23.2 Å². The minimum absolute atomic E-state index is 0.514. The molecule has 4 aliphatic rings. The van der Waals surface area contributed by atoms with E-state index in [9.17, 15) is 0 Å². The zero-order chi connectivity index (χ0) is 14.4. The zero-order valence-electron chi connectivity index (χ0n) is 13.3. The molecule has 1 N–H and O–H groups in total. The molecule has 0 radical (unpaired) electrons. The van der Waals surface area contributed by atoms with E-state index in [1.54, 1.807) is 0 Å². The van der Waals surface area contributed by atoms with Crippen LogP contribution in [0.4, 0.5) is 0 Å². The third kappa shape index (κ3) is 2.89. The van der Waals surface area contributed by atoms with Gasteiger partial charge < -0.3 is 5.32 Å². The SMILES string of the molecule is CC(C)NCc1nnc(CC23CC4CC(CC(C4)C2)C3)s1. The number of hydrogen-bond donors (Lipinski definition) is 1. The molecule has 1 heterocycles. The Bertz CT molecular complexity index is 473. The summed E-state index contributed by atoms with van der Waals surface area (Å²) in [5, 5.41) is 14.8. The Morgan fingerprint density at radius 1 is 1.05 bits per heavy atom. The van der Waals surface area contributed by atoms with Gasteiger partial charge in [-0.15, -0.1) is 21.5 Å². The van der Waals surface area contributed by atoms with E-state index in [0.717, 1.165) is 29.3 Å². The first-order valence-electron chi connectivity index (χ1n) is 8.65. The maximum absolute atomic E-state index is 4.50. The molecule has 4 saturated carbocycles. The summed E-state index contributed by atoms with van der Waals surface area (Å²) in [6.45, 7) is 5.23. The third-order valence-corrected chi connectivity index (χ3v) is 6.78. The van der Waals surface area contributed by atoms with Gasteiger partial charge in [-0.2, -0.15) is 0 Å². The van der Waals surface area contributed by atoms with E-state index in [1.165, 1.54) is 50.0 Å². The molecule has 4 heteroatoms. The van der Waals surface area contributed by atoms with Crippen LogP contribution in [0, 0.1) is 23.2 Å². The maximum atomic E-state index is 4.50. The van der Waals surface area contributed by atoms with Crippen LogP contribution in [0.3, 0.4) is 0 Å². The second-order valence-corrected chi connectivity index (χ2v) is 9.37. The first kappa shape index (κ1) is 14.1. The van der Waals surface area contributed by atoms with E-state index in [2.05, 4.69) is 29.4 Å². The lowest BCUT2D eigenvalue weighted by molar-refractivity contribution is -0.0522. The number of nitrogens with zero attached hydrogens (tertiary/aromatic N) is 2. The molecule has 0 aliphatic heterocycles. The minimum atomic E-state index is 0.514. The van der Waals surface area contributed by atoms with Gasteiger partial charge in [-0.1, -0.05) is 13.8 Å². The average molecular weight is 305 g/mol. The Labute approximate surface area is 131 Å². The molecule has 0 atom stereocenters. The summed E-state index contributed by atoms with van der Waals surface area (Å²) in [5.41, 5.74) is 0.594. The smallest absolute Gasteiger partial charge is 0.131 e. The summed E-state index contributed by atoms with van der Waals surface area (Å²) < 4.78 is 0. The first-order chi connectivity index (χ1) is 10.1. The molecular formula is C17H27N3S. The molecule has 0 amide bonds. The highest BCUT2D eigenvalue weighted by Crippen LogP contribution is 2.61. The molecule has 21 heavy (non-hydrogen) atoms. The molecule has 1 aromatic rings. The molecule has 116 valence electrons. The Morgan fingerprint density at radius 3 is 2.19 bits per heavy atom. The normalized spacial score (nSPS) is 37.6. The monoisotopic (exact) mass is 305 g/mol. The molecule has 5 rings (SSSR count). The summed E-state index contributed by atoms with van der Waals surface area (Å²) in [4.78, 5) is 0. The lowest BCUT2D eigenvalue weighted by Crippen LogP contribution is -2.47. The van der Waals surface area contributed by atoms with Gasteiger partial charge in [0.15, 0.2) is 0 Å². The summed E-state index contributed by atoms with van der Waals surface area (Å²) in [6, 6.07) is 0.514.